The maximum atomic E-state index is 12.3. The molecular weight excluding hydrogens is 267 g/mol. The van der Waals surface area contributed by atoms with E-state index in [-0.39, 0.29) is 12.8 Å². The van der Waals surface area contributed by atoms with E-state index < -0.39 is 42.7 Å². The first-order chi connectivity index (χ1) is 8.73. The Morgan fingerprint density at radius 2 is 2.26 bits per heavy atom. The lowest BCUT2D eigenvalue weighted by Crippen LogP contribution is -2.43. The van der Waals surface area contributed by atoms with Crippen molar-refractivity contribution >= 4 is 11.9 Å². The van der Waals surface area contributed by atoms with Gasteiger partial charge in [0, 0.05) is 6.42 Å². The Hall–Kier alpha value is -1.78. The monoisotopic (exact) mass is 279 g/mol. The highest BCUT2D eigenvalue weighted by atomic mass is 19.4. The van der Waals surface area contributed by atoms with E-state index in [0.717, 1.165) is 0 Å². The van der Waals surface area contributed by atoms with E-state index in [9.17, 15) is 22.8 Å². The number of halogens is 3. The molecule has 1 aliphatic heterocycles. The van der Waals surface area contributed by atoms with Gasteiger partial charge in [-0.25, -0.2) is 0 Å². The summed E-state index contributed by atoms with van der Waals surface area (Å²) in [7, 11) is 0. The molecule has 3 atom stereocenters. The van der Waals surface area contributed by atoms with Crippen LogP contribution in [0.3, 0.4) is 0 Å². The lowest BCUT2D eigenvalue weighted by Gasteiger charge is -2.31. The van der Waals surface area contributed by atoms with Gasteiger partial charge >= 0.3 is 18.1 Å². The van der Waals surface area contributed by atoms with Crippen molar-refractivity contribution in [2.45, 2.75) is 44.6 Å². The summed E-state index contributed by atoms with van der Waals surface area (Å²) in [5, 5.41) is 8.51. The van der Waals surface area contributed by atoms with E-state index in [1.54, 1.807) is 6.07 Å². The SMILES string of the molecule is CC(C#N)C(=O)OC1CCC(=O)OC1CC(F)(F)F. The molecule has 0 amide bonds. The molecule has 0 saturated carbocycles. The van der Waals surface area contributed by atoms with Crippen molar-refractivity contribution in [3.05, 3.63) is 0 Å². The number of nitrogens with zero attached hydrogens (tertiary/aromatic N) is 1. The zero-order chi connectivity index (χ0) is 14.6. The highest BCUT2D eigenvalue weighted by Crippen LogP contribution is 2.30. The predicted octanol–water partition coefficient (Wildman–Crippen LogP) is 1.72. The normalized spacial score (nSPS) is 25.1. The van der Waals surface area contributed by atoms with Crippen LogP contribution in [0.4, 0.5) is 13.2 Å². The van der Waals surface area contributed by atoms with Crippen LogP contribution in [0.2, 0.25) is 0 Å². The van der Waals surface area contributed by atoms with Crippen LogP contribution in [0.25, 0.3) is 0 Å². The minimum absolute atomic E-state index is 0.0382. The number of hydrogen-bond acceptors (Lipinski definition) is 5. The summed E-state index contributed by atoms with van der Waals surface area (Å²) in [5.74, 6) is -2.75. The van der Waals surface area contributed by atoms with Crippen LogP contribution >= 0.6 is 0 Å². The van der Waals surface area contributed by atoms with Gasteiger partial charge in [0.1, 0.15) is 18.1 Å². The van der Waals surface area contributed by atoms with Gasteiger partial charge in [-0.05, 0) is 13.3 Å². The number of cyclic esters (lactones) is 1. The van der Waals surface area contributed by atoms with E-state index in [4.69, 9.17) is 10.00 Å². The zero-order valence-corrected chi connectivity index (χ0v) is 10.1. The summed E-state index contributed by atoms with van der Waals surface area (Å²) < 4.78 is 46.3. The first kappa shape index (κ1) is 15.3. The van der Waals surface area contributed by atoms with Crippen molar-refractivity contribution in [3.8, 4) is 6.07 Å². The zero-order valence-electron chi connectivity index (χ0n) is 10.1. The third-order valence-electron chi connectivity index (χ3n) is 2.58. The highest BCUT2D eigenvalue weighted by molar-refractivity contribution is 5.75. The van der Waals surface area contributed by atoms with Gasteiger partial charge in [-0.15, -0.1) is 0 Å². The summed E-state index contributed by atoms with van der Waals surface area (Å²) >= 11 is 0. The van der Waals surface area contributed by atoms with Crippen LogP contribution in [-0.4, -0.2) is 30.3 Å². The lowest BCUT2D eigenvalue weighted by molar-refractivity contribution is -0.202. The predicted molar refractivity (Wildman–Crippen MR) is 54.4 cm³/mol. The molecule has 0 bridgehead atoms. The Morgan fingerprint density at radius 3 is 2.79 bits per heavy atom. The van der Waals surface area contributed by atoms with Gasteiger partial charge in [-0.1, -0.05) is 0 Å². The van der Waals surface area contributed by atoms with Gasteiger partial charge in [0.25, 0.3) is 0 Å². The molecule has 0 aromatic carbocycles. The molecule has 0 spiro atoms. The van der Waals surface area contributed by atoms with Crippen molar-refractivity contribution in [2.75, 3.05) is 0 Å². The van der Waals surface area contributed by atoms with Crippen molar-refractivity contribution in [1.29, 1.82) is 5.26 Å². The van der Waals surface area contributed by atoms with Gasteiger partial charge in [-0.3, -0.25) is 9.59 Å². The third kappa shape index (κ3) is 4.77. The Morgan fingerprint density at radius 1 is 1.63 bits per heavy atom. The molecule has 8 heteroatoms. The summed E-state index contributed by atoms with van der Waals surface area (Å²) in [4.78, 5) is 22.4. The number of ether oxygens (including phenoxy) is 2. The first-order valence-electron chi connectivity index (χ1n) is 5.59. The molecular formula is C11H12F3NO4. The summed E-state index contributed by atoms with van der Waals surface area (Å²) in [6.45, 7) is 1.27. The summed E-state index contributed by atoms with van der Waals surface area (Å²) in [6, 6.07) is 1.62. The molecule has 0 aliphatic carbocycles. The smallest absolute Gasteiger partial charge is 0.392 e. The number of esters is 2. The minimum atomic E-state index is -4.53. The summed E-state index contributed by atoms with van der Waals surface area (Å²) in [5.41, 5.74) is 0. The molecule has 0 aromatic rings. The second-order valence-corrected chi connectivity index (χ2v) is 4.21. The average Bonchev–Trinajstić information content (AvgIpc) is 2.29. The number of rotatable bonds is 3. The van der Waals surface area contributed by atoms with Crippen LogP contribution < -0.4 is 0 Å². The molecule has 1 fully saturated rings. The Kier molecular flexibility index (Phi) is 4.75. The van der Waals surface area contributed by atoms with Crippen LogP contribution in [-0.2, 0) is 19.1 Å². The van der Waals surface area contributed by atoms with Crippen LogP contribution in [0.15, 0.2) is 0 Å². The van der Waals surface area contributed by atoms with Crippen molar-refractivity contribution in [1.82, 2.24) is 0 Å². The molecule has 1 rings (SSSR count). The van der Waals surface area contributed by atoms with Gasteiger partial charge in [0.15, 0.2) is 0 Å². The number of carbonyl (C=O) groups is 2. The molecule has 1 aliphatic rings. The standard InChI is InChI=1S/C11H12F3NO4/c1-6(5-15)10(17)19-7-2-3-9(16)18-8(7)4-11(12,13)14/h6-8H,2-4H2,1H3. The number of alkyl halides is 3. The molecule has 19 heavy (non-hydrogen) atoms. The maximum Gasteiger partial charge on any atom is 0.392 e. The second-order valence-electron chi connectivity index (χ2n) is 4.21. The number of nitriles is 1. The molecule has 0 radical (unpaired) electrons. The minimum Gasteiger partial charge on any atom is -0.458 e. The molecule has 3 unspecified atom stereocenters. The van der Waals surface area contributed by atoms with Crippen LogP contribution in [0.1, 0.15) is 26.2 Å². The van der Waals surface area contributed by atoms with Gasteiger partial charge in [0.05, 0.1) is 12.5 Å². The van der Waals surface area contributed by atoms with Crippen molar-refractivity contribution < 1.29 is 32.2 Å². The summed E-state index contributed by atoms with van der Waals surface area (Å²) in [6.07, 6.45) is -8.78. The lowest BCUT2D eigenvalue weighted by atomic mass is 10.0. The van der Waals surface area contributed by atoms with E-state index in [2.05, 4.69) is 4.74 Å². The average molecular weight is 279 g/mol. The third-order valence-corrected chi connectivity index (χ3v) is 2.58. The molecule has 0 N–H and O–H groups in total. The van der Waals surface area contributed by atoms with Crippen LogP contribution in [0.5, 0.6) is 0 Å². The fraction of sp³-hybridized carbons (Fsp3) is 0.727. The molecule has 0 aromatic heterocycles. The second kappa shape index (κ2) is 5.91. The molecule has 1 heterocycles. The first-order valence-corrected chi connectivity index (χ1v) is 5.59. The topological polar surface area (TPSA) is 76.4 Å². The Labute approximate surface area is 107 Å². The molecule has 106 valence electrons. The number of carbonyl (C=O) groups excluding carboxylic acids is 2. The van der Waals surface area contributed by atoms with Crippen molar-refractivity contribution in [2.24, 2.45) is 5.92 Å². The number of hydrogen-bond donors (Lipinski definition) is 0. The van der Waals surface area contributed by atoms with E-state index in [1.165, 1.54) is 6.92 Å². The molecule has 5 nitrogen and oxygen atoms in total. The van der Waals surface area contributed by atoms with Gasteiger partial charge < -0.3 is 9.47 Å². The van der Waals surface area contributed by atoms with E-state index >= 15 is 0 Å². The quantitative estimate of drug-likeness (QED) is 0.735. The van der Waals surface area contributed by atoms with Crippen molar-refractivity contribution in [3.63, 3.8) is 0 Å². The Bertz CT molecular complexity index is 402. The maximum absolute atomic E-state index is 12.3. The van der Waals surface area contributed by atoms with Crippen LogP contribution in [0, 0.1) is 17.2 Å². The van der Waals surface area contributed by atoms with Gasteiger partial charge in [-0.2, -0.15) is 18.4 Å². The largest absolute Gasteiger partial charge is 0.458 e. The molecule has 1 saturated heterocycles. The fourth-order valence-corrected chi connectivity index (χ4v) is 1.59. The van der Waals surface area contributed by atoms with E-state index in [0.29, 0.717) is 0 Å². The fourth-order valence-electron chi connectivity index (χ4n) is 1.59. The Balaban J connectivity index is 2.70. The van der Waals surface area contributed by atoms with E-state index in [1.807, 2.05) is 0 Å². The van der Waals surface area contributed by atoms with Gasteiger partial charge in [0.2, 0.25) is 0 Å². The highest BCUT2D eigenvalue weighted by Gasteiger charge is 2.42.